The zero-order valence-corrected chi connectivity index (χ0v) is 7.13. The molecule has 0 spiro atoms. The molecule has 7 nitrogen and oxygen atoms in total. The van der Waals surface area contributed by atoms with Gasteiger partial charge in [-0.25, -0.2) is 0 Å². The summed E-state index contributed by atoms with van der Waals surface area (Å²) in [6, 6.07) is 0. The fraction of sp³-hybridized carbons (Fsp3) is 1.00. The van der Waals surface area contributed by atoms with Crippen LogP contribution < -0.4 is 5.73 Å². The minimum Gasteiger partial charge on any atom is -0.398 e. The molecular formula is CH11B3F3NO6. The van der Waals surface area contributed by atoms with Crippen LogP contribution in [0.4, 0.5) is 12.9 Å². The first-order chi connectivity index (χ1) is 6.20. The van der Waals surface area contributed by atoms with Crippen LogP contribution in [0.15, 0.2) is 0 Å². The lowest BCUT2D eigenvalue weighted by atomic mass is 10.3. The molecule has 0 bridgehead atoms. The summed E-state index contributed by atoms with van der Waals surface area (Å²) in [7, 11) is -6.50. The standard InChI is InChI=1S/CH5N.3BFH2O2/c1-2;3*2-1(3)4/h2H2,1H3;3*3-4H. The quantitative estimate of drug-likeness (QED) is 0.209. The molecule has 0 aliphatic rings. The second-order valence-electron chi connectivity index (χ2n) is 0.932. The van der Waals surface area contributed by atoms with Gasteiger partial charge in [-0.15, -0.1) is 0 Å². The van der Waals surface area contributed by atoms with Crippen LogP contribution in [0.5, 0.6) is 0 Å². The van der Waals surface area contributed by atoms with E-state index in [2.05, 4.69) is 5.73 Å². The van der Waals surface area contributed by atoms with Crippen LogP contribution in [0.2, 0.25) is 0 Å². The Morgan fingerprint density at radius 2 is 0.643 bits per heavy atom. The van der Waals surface area contributed by atoms with Gasteiger partial charge in [-0.05, 0) is 7.05 Å². The van der Waals surface area contributed by atoms with Crippen molar-refractivity contribution >= 4 is 22.2 Å². The molecular weight excluding hydrogens is 211 g/mol. The molecule has 13 heteroatoms. The third-order valence-corrected chi connectivity index (χ3v) is 0. The molecule has 0 aliphatic carbocycles. The highest BCUT2D eigenvalue weighted by atomic mass is 19.1. The normalized spacial score (nSPS) is 6.21. The Morgan fingerprint density at radius 3 is 0.643 bits per heavy atom. The van der Waals surface area contributed by atoms with E-state index in [-0.39, 0.29) is 0 Å². The van der Waals surface area contributed by atoms with E-state index in [1.807, 2.05) is 0 Å². The molecule has 0 aromatic rings. The molecule has 8 N–H and O–H groups in total. The summed E-state index contributed by atoms with van der Waals surface area (Å²) in [4.78, 5) is 0. The summed E-state index contributed by atoms with van der Waals surface area (Å²) in [5.74, 6) is 0. The minimum atomic E-state index is -2.67. The highest BCUT2D eigenvalue weighted by molar-refractivity contribution is 6.32. The van der Waals surface area contributed by atoms with E-state index in [0.717, 1.165) is 0 Å². The highest BCUT2D eigenvalue weighted by Gasteiger charge is 1.98. The van der Waals surface area contributed by atoms with Crippen molar-refractivity contribution in [3.8, 4) is 0 Å². The zero-order valence-electron chi connectivity index (χ0n) is 7.13. The van der Waals surface area contributed by atoms with E-state index in [1.165, 1.54) is 7.05 Å². The molecule has 0 saturated heterocycles. The average molecular weight is 223 g/mol. The predicted octanol–water partition coefficient (Wildman–Crippen LogP) is -3.65. The third kappa shape index (κ3) is 15400. The van der Waals surface area contributed by atoms with E-state index in [4.69, 9.17) is 30.1 Å². The van der Waals surface area contributed by atoms with Crippen LogP contribution >= 0.6 is 0 Å². The van der Waals surface area contributed by atoms with E-state index < -0.39 is 22.2 Å². The van der Waals surface area contributed by atoms with Gasteiger partial charge in [-0.1, -0.05) is 0 Å². The van der Waals surface area contributed by atoms with Crippen LogP contribution in [0.3, 0.4) is 0 Å². The van der Waals surface area contributed by atoms with E-state index in [0.29, 0.717) is 0 Å². The first kappa shape index (κ1) is 23.5. The zero-order chi connectivity index (χ0) is 12.7. The summed E-state index contributed by atoms with van der Waals surface area (Å²) >= 11 is 0. The Balaban J connectivity index is -0.0000000492. The molecule has 0 amide bonds. The Kier molecular flexibility index (Phi) is 38.5. The van der Waals surface area contributed by atoms with Gasteiger partial charge in [0.15, 0.2) is 0 Å². The van der Waals surface area contributed by atoms with Crippen LogP contribution in [0.25, 0.3) is 0 Å². The summed E-state index contributed by atoms with van der Waals surface area (Å²) in [6.45, 7) is 0. The van der Waals surface area contributed by atoms with Crippen LogP contribution in [0, 0.1) is 0 Å². The molecule has 0 rings (SSSR count). The maximum absolute atomic E-state index is 10.1. The molecule has 86 valence electrons. The molecule has 0 atom stereocenters. The van der Waals surface area contributed by atoms with Crippen molar-refractivity contribution < 1.29 is 43.1 Å². The monoisotopic (exact) mass is 223 g/mol. The van der Waals surface area contributed by atoms with Gasteiger partial charge in [0.25, 0.3) is 0 Å². The molecule has 0 unspecified atom stereocenters. The van der Waals surface area contributed by atoms with Gasteiger partial charge in [0.1, 0.15) is 0 Å². The summed E-state index contributed by atoms with van der Waals surface area (Å²) < 4.78 is 30.3. The van der Waals surface area contributed by atoms with Gasteiger partial charge in [0.2, 0.25) is 0 Å². The van der Waals surface area contributed by atoms with Crippen molar-refractivity contribution in [2.75, 3.05) is 7.05 Å². The number of halogens is 3. The lowest BCUT2D eigenvalue weighted by Gasteiger charge is -1.65. The number of hydrogen-bond donors (Lipinski definition) is 7. The second kappa shape index (κ2) is 23.0. The number of rotatable bonds is 0. The Morgan fingerprint density at radius 1 is 0.643 bits per heavy atom. The maximum atomic E-state index is 10.1. The van der Waals surface area contributed by atoms with Crippen molar-refractivity contribution in [2.24, 2.45) is 5.73 Å². The van der Waals surface area contributed by atoms with Crippen molar-refractivity contribution in [3.05, 3.63) is 0 Å². The minimum absolute atomic E-state index is 1.50. The first-order valence-corrected chi connectivity index (χ1v) is 2.78. The Bertz CT molecular complexity index is 56.8. The van der Waals surface area contributed by atoms with Crippen molar-refractivity contribution in [3.63, 3.8) is 0 Å². The Labute approximate surface area is 79.2 Å². The largest absolute Gasteiger partial charge is 0.674 e. The third-order valence-electron chi connectivity index (χ3n) is 0. The molecule has 0 saturated carbocycles. The second-order valence-corrected chi connectivity index (χ2v) is 0.932. The van der Waals surface area contributed by atoms with Gasteiger partial charge in [-0.3, -0.25) is 12.9 Å². The topological polar surface area (TPSA) is 147 Å². The molecule has 0 heterocycles. The molecule has 0 aliphatic heterocycles. The van der Waals surface area contributed by atoms with Gasteiger partial charge >= 0.3 is 22.2 Å². The predicted molar refractivity (Wildman–Crippen MR) is 44.0 cm³/mol. The summed E-state index contributed by atoms with van der Waals surface area (Å²) in [6.07, 6.45) is 0. The highest BCUT2D eigenvalue weighted by Crippen LogP contribution is 1.58. The van der Waals surface area contributed by atoms with Crippen LogP contribution in [-0.4, -0.2) is 59.4 Å². The van der Waals surface area contributed by atoms with E-state index >= 15 is 0 Å². The smallest absolute Gasteiger partial charge is 0.398 e. The van der Waals surface area contributed by atoms with Crippen molar-refractivity contribution in [1.82, 2.24) is 0 Å². The van der Waals surface area contributed by atoms with Gasteiger partial charge < -0.3 is 35.9 Å². The van der Waals surface area contributed by atoms with Gasteiger partial charge in [-0.2, -0.15) is 0 Å². The molecule has 0 aromatic carbocycles. The average Bonchev–Trinajstić information content (AvgIpc) is 1.86. The van der Waals surface area contributed by atoms with E-state index in [9.17, 15) is 12.9 Å². The summed E-state index contributed by atoms with van der Waals surface area (Å²) in [5, 5.41) is 41.7. The lowest BCUT2D eigenvalue weighted by Crippen LogP contribution is -1.98. The Hall–Kier alpha value is -0.295. The van der Waals surface area contributed by atoms with Crippen LogP contribution in [-0.2, 0) is 0 Å². The van der Waals surface area contributed by atoms with Crippen LogP contribution in [0.1, 0.15) is 0 Å². The maximum Gasteiger partial charge on any atom is 0.674 e. The fourth-order valence-corrected chi connectivity index (χ4v) is 0. The van der Waals surface area contributed by atoms with Crippen molar-refractivity contribution in [2.45, 2.75) is 0 Å². The first-order valence-electron chi connectivity index (χ1n) is 2.78. The van der Waals surface area contributed by atoms with Gasteiger partial charge in [0, 0.05) is 0 Å². The molecule has 0 radical (unpaired) electrons. The van der Waals surface area contributed by atoms with Gasteiger partial charge in [0.05, 0.1) is 0 Å². The number of nitrogens with two attached hydrogens (primary N) is 1. The number of hydrogen-bond acceptors (Lipinski definition) is 7. The molecule has 0 fully saturated rings. The molecule has 14 heavy (non-hydrogen) atoms. The molecule has 0 aromatic heterocycles. The summed E-state index contributed by atoms with van der Waals surface area (Å²) in [5.41, 5.74) is 4.50. The fourth-order valence-electron chi connectivity index (χ4n) is 0. The SMILES string of the molecule is CN.OB(O)F.OB(O)F.OB(O)F. The lowest BCUT2D eigenvalue weighted by molar-refractivity contribution is 0.338. The van der Waals surface area contributed by atoms with Crippen molar-refractivity contribution in [1.29, 1.82) is 0 Å². The van der Waals surface area contributed by atoms with E-state index in [1.54, 1.807) is 0 Å².